The minimum Gasteiger partial charge on any atom is -0.192 e. The van der Waals surface area contributed by atoms with Crippen molar-refractivity contribution in [3.8, 4) is 6.07 Å². The van der Waals surface area contributed by atoms with Gasteiger partial charge in [-0.2, -0.15) is 20.3 Å². The largest absolute Gasteiger partial charge is 0.192 e. The second kappa shape index (κ2) is 5.27. The predicted molar refractivity (Wildman–Crippen MR) is 84.4 cm³/mol. The SMILES string of the molecule is N#Cc1cccc(Cn2nc3cc4c(cc3n2)CCCC4)c1. The van der Waals surface area contributed by atoms with E-state index in [0.29, 0.717) is 12.1 Å². The van der Waals surface area contributed by atoms with Crippen molar-refractivity contribution in [1.82, 2.24) is 15.0 Å². The van der Waals surface area contributed by atoms with E-state index in [0.717, 1.165) is 29.4 Å². The van der Waals surface area contributed by atoms with Crippen LogP contribution in [0.1, 0.15) is 35.1 Å². The molecule has 0 unspecified atom stereocenters. The van der Waals surface area contributed by atoms with Crippen LogP contribution in [0, 0.1) is 11.3 Å². The summed E-state index contributed by atoms with van der Waals surface area (Å²) in [6, 6.07) is 14.2. The van der Waals surface area contributed by atoms with Crippen molar-refractivity contribution in [1.29, 1.82) is 5.26 Å². The molecule has 4 rings (SSSR count). The zero-order valence-electron chi connectivity index (χ0n) is 12.3. The van der Waals surface area contributed by atoms with Gasteiger partial charge in [0.1, 0.15) is 11.0 Å². The Labute approximate surface area is 129 Å². The Bertz CT molecular complexity index is 843. The molecule has 108 valence electrons. The van der Waals surface area contributed by atoms with Crippen LogP contribution >= 0.6 is 0 Å². The number of rotatable bonds is 2. The number of fused-ring (bicyclic) bond motifs is 2. The summed E-state index contributed by atoms with van der Waals surface area (Å²) < 4.78 is 0. The van der Waals surface area contributed by atoms with Gasteiger partial charge in [-0.15, -0.1) is 0 Å². The molecule has 1 aromatic heterocycles. The van der Waals surface area contributed by atoms with Crippen LogP contribution in [0.25, 0.3) is 11.0 Å². The van der Waals surface area contributed by atoms with Gasteiger partial charge in [-0.1, -0.05) is 12.1 Å². The quantitative estimate of drug-likeness (QED) is 0.727. The molecule has 1 heterocycles. The smallest absolute Gasteiger partial charge is 0.113 e. The average molecular weight is 288 g/mol. The van der Waals surface area contributed by atoms with Crippen LogP contribution in [0.15, 0.2) is 36.4 Å². The Morgan fingerprint density at radius 3 is 2.32 bits per heavy atom. The lowest BCUT2D eigenvalue weighted by Gasteiger charge is -2.14. The fourth-order valence-electron chi connectivity index (χ4n) is 3.16. The second-order valence-electron chi connectivity index (χ2n) is 5.86. The lowest BCUT2D eigenvalue weighted by Crippen LogP contribution is -2.03. The van der Waals surface area contributed by atoms with Gasteiger partial charge in [0.2, 0.25) is 0 Å². The summed E-state index contributed by atoms with van der Waals surface area (Å²) in [6.45, 7) is 0.592. The maximum Gasteiger partial charge on any atom is 0.113 e. The number of aromatic nitrogens is 3. The van der Waals surface area contributed by atoms with E-state index in [-0.39, 0.29) is 0 Å². The molecule has 1 aliphatic carbocycles. The molecule has 3 aromatic rings. The topological polar surface area (TPSA) is 54.5 Å². The number of aryl methyl sites for hydroxylation is 2. The molecule has 0 radical (unpaired) electrons. The Morgan fingerprint density at radius 1 is 1.00 bits per heavy atom. The van der Waals surface area contributed by atoms with E-state index in [1.54, 1.807) is 4.80 Å². The summed E-state index contributed by atoms with van der Waals surface area (Å²) in [7, 11) is 0. The van der Waals surface area contributed by atoms with Crippen molar-refractivity contribution in [2.45, 2.75) is 32.2 Å². The molecule has 4 nitrogen and oxygen atoms in total. The highest BCUT2D eigenvalue weighted by atomic mass is 15.5. The predicted octanol–water partition coefficient (Wildman–Crippen LogP) is 3.23. The highest BCUT2D eigenvalue weighted by Crippen LogP contribution is 2.25. The zero-order valence-corrected chi connectivity index (χ0v) is 12.3. The molecule has 0 bridgehead atoms. The summed E-state index contributed by atoms with van der Waals surface area (Å²) in [6.07, 6.45) is 4.85. The van der Waals surface area contributed by atoms with E-state index >= 15 is 0 Å². The Kier molecular flexibility index (Phi) is 3.12. The van der Waals surface area contributed by atoms with Gasteiger partial charge in [-0.05, 0) is 66.6 Å². The molecule has 2 aromatic carbocycles. The highest BCUT2D eigenvalue weighted by Gasteiger charge is 2.13. The number of nitriles is 1. The van der Waals surface area contributed by atoms with Crippen LogP contribution < -0.4 is 0 Å². The standard InChI is InChI=1S/C18H16N4/c19-11-13-4-3-5-14(8-13)12-22-20-17-9-15-6-1-2-7-16(15)10-18(17)21-22/h3-5,8-10H,1-2,6-7,12H2. The van der Waals surface area contributed by atoms with Crippen LogP contribution in [0.2, 0.25) is 0 Å². The van der Waals surface area contributed by atoms with Gasteiger partial charge in [-0.25, -0.2) is 0 Å². The molecule has 0 saturated heterocycles. The van der Waals surface area contributed by atoms with Crippen molar-refractivity contribution < 1.29 is 0 Å². The molecule has 22 heavy (non-hydrogen) atoms. The number of benzene rings is 2. The maximum atomic E-state index is 8.98. The van der Waals surface area contributed by atoms with Crippen molar-refractivity contribution in [3.63, 3.8) is 0 Å². The summed E-state index contributed by atoms with van der Waals surface area (Å²) >= 11 is 0. The molecule has 0 aliphatic heterocycles. The van der Waals surface area contributed by atoms with Gasteiger partial charge in [0, 0.05) is 0 Å². The minimum atomic E-state index is 0.592. The lowest BCUT2D eigenvalue weighted by atomic mass is 9.91. The first-order chi connectivity index (χ1) is 10.8. The third-order valence-corrected chi connectivity index (χ3v) is 4.27. The van der Waals surface area contributed by atoms with Crippen molar-refractivity contribution in [3.05, 3.63) is 58.7 Å². The van der Waals surface area contributed by atoms with E-state index in [1.807, 2.05) is 24.3 Å². The number of hydrogen-bond donors (Lipinski definition) is 0. The van der Waals surface area contributed by atoms with Crippen LogP contribution in [-0.4, -0.2) is 15.0 Å². The summed E-state index contributed by atoms with van der Waals surface area (Å²) in [4.78, 5) is 1.73. The Morgan fingerprint density at radius 2 is 1.68 bits per heavy atom. The summed E-state index contributed by atoms with van der Waals surface area (Å²) in [5.74, 6) is 0. The molecule has 0 fully saturated rings. The summed E-state index contributed by atoms with van der Waals surface area (Å²) in [5, 5.41) is 18.2. The second-order valence-corrected chi connectivity index (χ2v) is 5.86. The summed E-state index contributed by atoms with van der Waals surface area (Å²) in [5.41, 5.74) is 6.51. The van der Waals surface area contributed by atoms with E-state index < -0.39 is 0 Å². The molecule has 0 amide bonds. The average Bonchev–Trinajstić information content (AvgIpc) is 2.93. The first kappa shape index (κ1) is 13.0. The first-order valence-corrected chi connectivity index (χ1v) is 7.67. The zero-order chi connectivity index (χ0) is 14.9. The molecule has 4 heteroatoms. The van der Waals surface area contributed by atoms with E-state index in [1.165, 1.54) is 24.0 Å². The molecule has 0 saturated carbocycles. The van der Waals surface area contributed by atoms with Crippen LogP contribution in [0.3, 0.4) is 0 Å². The molecule has 0 atom stereocenters. The van der Waals surface area contributed by atoms with Crippen molar-refractivity contribution in [2.24, 2.45) is 0 Å². The monoisotopic (exact) mass is 288 g/mol. The number of nitrogens with zero attached hydrogens (tertiary/aromatic N) is 4. The van der Waals surface area contributed by atoms with Gasteiger partial charge in [0.25, 0.3) is 0 Å². The van der Waals surface area contributed by atoms with E-state index in [4.69, 9.17) is 5.26 Å². The lowest BCUT2D eigenvalue weighted by molar-refractivity contribution is 0.600. The minimum absolute atomic E-state index is 0.592. The maximum absolute atomic E-state index is 8.98. The van der Waals surface area contributed by atoms with Gasteiger partial charge in [-0.3, -0.25) is 0 Å². The molecule has 0 spiro atoms. The fourth-order valence-corrected chi connectivity index (χ4v) is 3.16. The van der Waals surface area contributed by atoms with Crippen molar-refractivity contribution >= 4 is 11.0 Å². The highest BCUT2D eigenvalue weighted by molar-refractivity contribution is 5.76. The fraction of sp³-hybridized carbons (Fsp3) is 0.278. The normalized spacial score (nSPS) is 13.8. The third-order valence-electron chi connectivity index (χ3n) is 4.27. The molecular weight excluding hydrogens is 272 g/mol. The molecule has 1 aliphatic rings. The first-order valence-electron chi connectivity index (χ1n) is 7.67. The Balaban J connectivity index is 1.69. The van der Waals surface area contributed by atoms with Crippen LogP contribution in [0.4, 0.5) is 0 Å². The van der Waals surface area contributed by atoms with E-state index in [9.17, 15) is 0 Å². The Hall–Kier alpha value is -2.67. The van der Waals surface area contributed by atoms with Gasteiger partial charge in [0.05, 0.1) is 18.2 Å². The van der Waals surface area contributed by atoms with Gasteiger partial charge in [0.15, 0.2) is 0 Å². The van der Waals surface area contributed by atoms with Crippen LogP contribution in [0.5, 0.6) is 0 Å². The van der Waals surface area contributed by atoms with Crippen molar-refractivity contribution in [2.75, 3.05) is 0 Å². The molecular formula is C18H16N4. The third kappa shape index (κ3) is 2.35. The van der Waals surface area contributed by atoms with Crippen LogP contribution in [-0.2, 0) is 19.4 Å². The van der Waals surface area contributed by atoms with E-state index in [2.05, 4.69) is 28.4 Å². The van der Waals surface area contributed by atoms with Gasteiger partial charge < -0.3 is 0 Å². The number of hydrogen-bond acceptors (Lipinski definition) is 3. The molecule has 0 N–H and O–H groups in total. The van der Waals surface area contributed by atoms with Gasteiger partial charge >= 0.3 is 0 Å².